The number of pyridine rings is 1. The Morgan fingerprint density at radius 3 is 2.40 bits per heavy atom. The maximum absolute atomic E-state index is 13.9. The smallest absolute Gasteiger partial charge is 0.273 e. The molecule has 0 bridgehead atoms. The van der Waals surface area contributed by atoms with Crippen LogP contribution in [0, 0.1) is 19.8 Å². The molecule has 2 N–H and O–H groups in total. The van der Waals surface area contributed by atoms with Crippen molar-refractivity contribution < 1.29 is 27.9 Å². The van der Waals surface area contributed by atoms with E-state index < -0.39 is 28.1 Å². The maximum atomic E-state index is 13.9. The third-order valence-corrected chi connectivity index (χ3v) is 11.5. The number of sulfonamides is 1. The number of nitrogens with one attached hydrogen (secondary N) is 1. The molecule has 1 fully saturated rings. The number of benzene rings is 2. The number of hydrogen-bond acceptors (Lipinski definition) is 9. The first-order valence-electron chi connectivity index (χ1n) is 16.7. The molecule has 50 heavy (non-hydrogen) atoms. The van der Waals surface area contributed by atoms with Gasteiger partial charge in [-0.15, -0.1) is 11.3 Å². The number of aromatic nitrogens is 2. The maximum Gasteiger partial charge on any atom is 0.273 e. The molecule has 0 spiro atoms. The van der Waals surface area contributed by atoms with E-state index in [1.807, 2.05) is 56.5 Å². The summed E-state index contributed by atoms with van der Waals surface area (Å²) in [6, 6.07) is 17.6. The fourth-order valence-electron chi connectivity index (χ4n) is 6.16. The fraction of sp³-hybridized carbons (Fsp3) is 0.405. The molecule has 5 rings (SSSR count). The fourth-order valence-corrected chi connectivity index (χ4v) is 8.73. The minimum Gasteiger partial charge on any atom is -0.497 e. The summed E-state index contributed by atoms with van der Waals surface area (Å²) in [5.74, 6) is -0.294. The third kappa shape index (κ3) is 8.94. The van der Waals surface area contributed by atoms with Crippen LogP contribution in [0.4, 0.5) is 0 Å². The molecule has 0 saturated carbocycles. The molecule has 4 aromatic rings. The van der Waals surface area contributed by atoms with Crippen molar-refractivity contribution in [1.82, 2.24) is 24.5 Å². The highest BCUT2D eigenvalue weighted by molar-refractivity contribution is 7.89. The Hall–Kier alpha value is -4.17. The van der Waals surface area contributed by atoms with Gasteiger partial charge in [0.25, 0.3) is 11.8 Å². The SMILES string of the molecule is COc1ccc(S(=O)(=O)N(CC(C)C)C[C@@H](O)[C@H](Cc2ccccc2)NC(=O)c2cc(C)nc(C(=O)N3CCCC3c3nc(C)cs3)c2)cc1. The number of methoxy groups -OCH3 is 1. The molecule has 266 valence electrons. The quantitative estimate of drug-likeness (QED) is 0.182. The van der Waals surface area contributed by atoms with Gasteiger partial charge in [0.15, 0.2) is 0 Å². The predicted molar refractivity (Wildman–Crippen MR) is 193 cm³/mol. The summed E-state index contributed by atoms with van der Waals surface area (Å²) in [7, 11) is -2.50. The lowest BCUT2D eigenvalue weighted by Crippen LogP contribution is -2.51. The molecular weight excluding hydrogens is 675 g/mol. The van der Waals surface area contributed by atoms with Gasteiger partial charge in [-0.25, -0.2) is 18.4 Å². The Labute approximate surface area is 298 Å². The second kappa shape index (κ2) is 16.2. The molecule has 1 saturated heterocycles. The molecule has 2 aromatic carbocycles. The van der Waals surface area contributed by atoms with Crippen LogP contribution < -0.4 is 10.1 Å². The van der Waals surface area contributed by atoms with Crippen molar-refractivity contribution in [2.24, 2.45) is 5.92 Å². The van der Waals surface area contributed by atoms with E-state index in [1.165, 1.54) is 41.0 Å². The highest BCUT2D eigenvalue weighted by Gasteiger charge is 2.34. The van der Waals surface area contributed by atoms with Gasteiger partial charge < -0.3 is 20.1 Å². The van der Waals surface area contributed by atoms with Crippen molar-refractivity contribution in [2.75, 3.05) is 26.7 Å². The first kappa shape index (κ1) is 37.1. The van der Waals surface area contributed by atoms with Crippen LogP contribution in [-0.2, 0) is 16.4 Å². The summed E-state index contributed by atoms with van der Waals surface area (Å²) in [4.78, 5) is 38.6. The summed E-state index contributed by atoms with van der Waals surface area (Å²) in [5, 5.41) is 17.5. The van der Waals surface area contributed by atoms with Crippen molar-refractivity contribution >= 4 is 33.2 Å². The lowest BCUT2D eigenvalue weighted by atomic mass is 10.00. The van der Waals surface area contributed by atoms with Crippen LogP contribution in [0.5, 0.6) is 5.75 Å². The molecule has 1 aliphatic rings. The summed E-state index contributed by atoms with van der Waals surface area (Å²) < 4.78 is 34.1. The van der Waals surface area contributed by atoms with Gasteiger partial charge in [-0.1, -0.05) is 44.2 Å². The standard InChI is InChI=1S/C37H45N5O6S2/c1-24(2)21-41(50(46,47)30-15-13-29(48-5)14-16-30)22-34(43)31(19-27-10-7-6-8-11-27)40-35(44)28-18-25(3)38-32(20-28)37(45)42-17-9-12-33(42)36-39-26(4)23-49-36/h6-8,10-11,13-16,18,20,23-24,31,33-34,43H,9,12,17,19,21-22H2,1-5H3,(H,40,44)/t31-,33?,34+/m0/s1. The van der Waals surface area contributed by atoms with E-state index in [2.05, 4.69) is 15.3 Å². The van der Waals surface area contributed by atoms with E-state index in [-0.39, 0.29) is 53.5 Å². The predicted octanol–water partition coefficient (Wildman–Crippen LogP) is 5.19. The second-order valence-electron chi connectivity index (χ2n) is 13.1. The number of hydrogen-bond donors (Lipinski definition) is 2. The van der Waals surface area contributed by atoms with E-state index in [0.29, 0.717) is 18.0 Å². The van der Waals surface area contributed by atoms with Crippen molar-refractivity contribution in [3.63, 3.8) is 0 Å². The first-order valence-corrected chi connectivity index (χ1v) is 19.1. The van der Waals surface area contributed by atoms with Crippen LogP contribution in [0.15, 0.2) is 77.0 Å². The molecule has 1 aliphatic heterocycles. The van der Waals surface area contributed by atoms with Crippen molar-refractivity contribution in [3.8, 4) is 5.75 Å². The van der Waals surface area contributed by atoms with Crippen LogP contribution >= 0.6 is 11.3 Å². The van der Waals surface area contributed by atoms with E-state index >= 15 is 0 Å². The number of likely N-dealkylation sites (tertiary alicyclic amines) is 1. The number of rotatable bonds is 14. The minimum absolute atomic E-state index is 0.0389. The van der Waals surface area contributed by atoms with E-state index in [0.717, 1.165) is 29.1 Å². The molecular formula is C37H45N5O6S2. The van der Waals surface area contributed by atoms with Gasteiger partial charge in [0.1, 0.15) is 16.5 Å². The summed E-state index contributed by atoms with van der Waals surface area (Å²) in [6.07, 6.45) is 0.612. The van der Waals surface area contributed by atoms with Crippen LogP contribution in [-0.4, -0.2) is 83.4 Å². The Balaban J connectivity index is 1.39. The molecule has 13 heteroatoms. The Morgan fingerprint density at radius 1 is 1.04 bits per heavy atom. The van der Waals surface area contributed by atoms with Crippen molar-refractivity contribution in [1.29, 1.82) is 0 Å². The lowest BCUT2D eigenvalue weighted by molar-refractivity contribution is 0.0729. The van der Waals surface area contributed by atoms with Gasteiger partial charge in [0, 0.05) is 42.0 Å². The van der Waals surface area contributed by atoms with Crippen LogP contribution in [0.25, 0.3) is 0 Å². The van der Waals surface area contributed by atoms with Gasteiger partial charge >= 0.3 is 0 Å². The van der Waals surface area contributed by atoms with E-state index in [9.17, 15) is 23.1 Å². The second-order valence-corrected chi connectivity index (χ2v) is 15.9. The summed E-state index contributed by atoms with van der Waals surface area (Å²) >= 11 is 1.53. The number of aliphatic hydroxyl groups is 1. The summed E-state index contributed by atoms with van der Waals surface area (Å²) in [6.45, 7) is 7.93. The van der Waals surface area contributed by atoms with Crippen molar-refractivity contribution in [2.45, 2.75) is 70.0 Å². The largest absolute Gasteiger partial charge is 0.497 e. The average Bonchev–Trinajstić information content (AvgIpc) is 3.76. The van der Waals surface area contributed by atoms with Crippen LogP contribution in [0.3, 0.4) is 0 Å². The third-order valence-electron chi connectivity index (χ3n) is 8.61. The van der Waals surface area contributed by atoms with Gasteiger partial charge in [-0.2, -0.15) is 4.31 Å². The number of thiazole rings is 1. The van der Waals surface area contributed by atoms with Gasteiger partial charge in [0.2, 0.25) is 10.0 Å². The number of carbonyl (C=O) groups is 2. The normalized spacial score (nSPS) is 16.1. The zero-order chi connectivity index (χ0) is 36.0. The molecule has 0 aliphatic carbocycles. The summed E-state index contributed by atoms with van der Waals surface area (Å²) in [5.41, 5.74) is 2.64. The molecule has 2 amide bonds. The van der Waals surface area contributed by atoms with E-state index in [4.69, 9.17) is 4.74 Å². The van der Waals surface area contributed by atoms with Gasteiger partial charge in [-0.3, -0.25) is 9.59 Å². The Bertz CT molecular complexity index is 1880. The van der Waals surface area contributed by atoms with Crippen LogP contribution in [0.1, 0.15) is 75.5 Å². The monoisotopic (exact) mass is 719 g/mol. The lowest BCUT2D eigenvalue weighted by Gasteiger charge is -2.31. The highest BCUT2D eigenvalue weighted by atomic mass is 32.2. The van der Waals surface area contributed by atoms with E-state index in [1.54, 1.807) is 30.0 Å². The first-order chi connectivity index (χ1) is 23.8. The molecule has 1 unspecified atom stereocenters. The molecule has 3 heterocycles. The number of aliphatic hydroxyl groups excluding tert-OH is 1. The minimum atomic E-state index is -4.00. The van der Waals surface area contributed by atoms with Gasteiger partial charge in [0.05, 0.1) is 30.2 Å². The van der Waals surface area contributed by atoms with Crippen molar-refractivity contribution in [3.05, 3.63) is 105 Å². The molecule has 11 nitrogen and oxygen atoms in total. The average molecular weight is 720 g/mol. The Kier molecular flexibility index (Phi) is 12.0. The highest BCUT2D eigenvalue weighted by Crippen LogP contribution is 2.34. The number of carbonyl (C=O) groups excluding carboxylic acids is 2. The zero-order valence-corrected chi connectivity index (χ0v) is 30.7. The molecule has 0 radical (unpaired) electrons. The van der Waals surface area contributed by atoms with Gasteiger partial charge in [-0.05, 0) is 81.0 Å². The number of ether oxygens (including phenoxy) is 1. The number of nitrogens with zero attached hydrogens (tertiary/aromatic N) is 4. The number of aryl methyl sites for hydroxylation is 2. The topological polar surface area (TPSA) is 142 Å². The number of amides is 2. The van der Waals surface area contributed by atoms with Crippen LogP contribution in [0.2, 0.25) is 0 Å². The molecule has 2 aromatic heterocycles. The Morgan fingerprint density at radius 2 is 1.76 bits per heavy atom. The zero-order valence-electron chi connectivity index (χ0n) is 29.1. The molecule has 3 atom stereocenters.